The maximum absolute atomic E-state index is 14.0. The number of carboxylic acid groups (broad SMARTS) is 1. The molecule has 0 spiro atoms. The largest absolute Gasteiger partial charge is 0.508 e. The van der Waals surface area contributed by atoms with E-state index in [1.165, 1.54) is 24.3 Å². The fraction of sp³-hybridized carbons (Fsp3) is 0.514. The van der Waals surface area contributed by atoms with Crippen molar-refractivity contribution in [3.05, 3.63) is 29.8 Å². The van der Waals surface area contributed by atoms with Crippen LogP contribution < -0.4 is 55.3 Å². The van der Waals surface area contributed by atoms with E-state index in [1.807, 2.05) is 5.32 Å². The molecule has 330 valence electrons. The second-order valence-corrected chi connectivity index (χ2v) is 14.0. The van der Waals surface area contributed by atoms with E-state index in [1.54, 1.807) is 0 Å². The third-order valence-corrected chi connectivity index (χ3v) is 9.02. The molecule has 60 heavy (non-hydrogen) atoms. The molecule has 2 rings (SSSR count). The number of rotatable bonds is 24. The molecule has 0 aromatic heterocycles. The van der Waals surface area contributed by atoms with Crippen LogP contribution in [-0.2, 0) is 59.2 Å². The van der Waals surface area contributed by atoms with Gasteiger partial charge in [-0.3, -0.25) is 47.9 Å². The Labute approximate surface area is 341 Å². The van der Waals surface area contributed by atoms with Crippen molar-refractivity contribution in [1.29, 1.82) is 0 Å². The summed E-state index contributed by atoms with van der Waals surface area (Å²) in [4.78, 5) is 140. The minimum atomic E-state index is -1.83. The number of primary amides is 4. The Hall–Kier alpha value is -6.89. The van der Waals surface area contributed by atoms with Gasteiger partial charge in [0.1, 0.15) is 36.0 Å². The average Bonchev–Trinajstić information content (AvgIpc) is 3.64. The number of nitrogens with two attached hydrogens (primary N) is 5. The van der Waals surface area contributed by atoms with Gasteiger partial charge in [-0.2, -0.15) is 0 Å². The first kappa shape index (κ1) is 49.3. The zero-order valence-electron chi connectivity index (χ0n) is 32.5. The van der Waals surface area contributed by atoms with Crippen molar-refractivity contribution in [2.45, 2.75) is 107 Å². The van der Waals surface area contributed by atoms with E-state index in [0.29, 0.717) is 5.56 Å². The summed E-state index contributed by atoms with van der Waals surface area (Å²) in [6, 6.07) is -6.00. The van der Waals surface area contributed by atoms with Crippen LogP contribution in [0, 0.1) is 0 Å². The lowest BCUT2D eigenvalue weighted by atomic mass is 10.0. The number of phenols is 1. The highest BCUT2D eigenvalue weighted by Crippen LogP contribution is 2.21. The highest BCUT2D eigenvalue weighted by Gasteiger charge is 2.41. The number of aromatic hydroxyl groups is 1. The Morgan fingerprint density at radius 2 is 1.20 bits per heavy atom. The van der Waals surface area contributed by atoms with Crippen LogP contribution in [0.5, 0.6) is 5.75 Å². The van der Waals surface area contributed by atoms with Gasteiger partial charge in [0.2, 0.25) is 59.1 Å². The van der Waals surface area contributed by atoms with Gasteiger partial charge in [-0.05, 0) is 43.9 Å². The highest BCUT2D eigenvalue weighted by atomic mass is 16.4. The number of hydrogen-bond donors (Lipinski definition) is 13. The fourth-order valence-corrected chi connectivity index (χ4v) is 5.99. The van der Waals surface area contributed by atoms with Crippen molar-refractivity contribution in [3.8, 4) is 5.75 Å². The standard InChI is InChI=1S/C35H51N11O14/c1-15(47)28(35(59)60)45-32(56)22(14-27(40)52)44-33(57)23-3-2-10-46(23)34(58)19(8-9-24(37)49)41-31(55)21(13-26(39)51)43-30(54)20(11-16-4-6-17(48)7-5-16)42-29(53)18(36)12-25(38)50/h4-7,15,18-23,28,47-48H,2-3,8-14,36H2,1H3,(H2,37,49)(H2,38,50)(H2,39,51)(H2,40,52)(H,41,55)(H,42,53)(H,43,54)(H,44,57)(H,45,56)(H,59,60)/t15-,18+,19+,20-,21-,22-,23+,28+/m1/s1. The molecule has 8 atom stereocenters. The Kier molecular flexibility index (Phi) is 18.8. The van der Waals surface area contributed by atoms with Gasteiger partial charge in [0.05, 0.1) is 31.4 Å². The summed E-state index contributed by atoms with van der Waals surface area (Å²) >= 11 is 0. The Bertz CT molecular complexity index is 1810. The molecule has 1 saturated heterocycles. The number of likely N-dealkylation sites (tertiary alicyclic amines) is 1. The number of carboxylic acids is 1. The Morgan fingerprint density at radius 1 is 0.700 bits per heavy atom. The molecule has 1 fully saturated rings. The van der Waals surface area contributed by atoms with E-state index in [-0.39, 0.29) is 31.6 Å². The monoisotopic (exact) mass is 849 g/mol. The molecule has 0 aliphatic carbocycles. The number of aliphatic hydroxyl groups excluding tert-OH is 1. The summed E-state index contributed by atoms with van der Waals surface area (Å²) in [6.07, 6.45) is -4.87. The van der Waals surface area contributed by atoms with Crippen LogP contribution >= 0.6 is 0 Å². The summed E-state index contributed by atoms with van der Waals surface area (Å²) in [6.45, 7) is 0.969. The molecule has 0 unspecified atom stereocenters. The van der Waals surface area contributed by atoms with Gasteiger partial charge in [-0.25, -0.2) is 4.79 Å². The minimum Gasteiger partial charge on any atom is -0.508 e. The van der Waals surface area contributed by atoms with Crippen molar-refractivity contribution in [1.82, 2.24) is 31.5 Å². The number of carbonyl (C=O) groups is 11. The molecule has 1 aromatic rings. The first-order valence-corrected chi connectivity index (χ1v) is 18.4. The van der Waals surface area contributed by atoms with Crippen molar-refractivity contribution < 1.29 is 68.1 Å². The van der Waals surface area contributed by atoms with E-state index in [4.69, 9.17) is 28.7 Å². The van der Waals surface area contributed by atoms with Crippen LogP contribution in [0.15, 0.2) is 24.3 Å². The van der Waals surface area contributed by atoms with Crippen LogP contribution in [0.4, 0.5) is 0 Å². The molecular weight excluding hydrogens is 798 g/mol. The quantitative estimate of drug-likeness (QED) is 0.0460. The maximum atomic E-state index is 14.0. The van der Waals surface area contributed by atoms with Crippen molar-refractivity contribution in [2.24, 2.45) is 28.7 Å². The molecule has 1 aliphatic heterocycles. The number of nitrogens with one attached hydrogen (secondary N) is 5. The van der Waals surface area contributed by atoms with E-state index < -0.39 is 146 Å². The molecule has 0 saturated carbocycles. The number of amides is 10. The number of nitrogens with zero attached hydrogens (tertiary/aromatic N) is 1. The normalized spacial score (nSPS) is 16.9. The number of carbonyl (C=O) groups excluding carboxylic acids is 10. The number of hydrogen-bond acceptors (Lipinski definition) is 14. The summed E-state index contributed by atoms with van der Waals surface area (Å²) in [7, 11) is 0. The van der Waals surface area contributed by atoms with E-state index >= 15 is 0 Å². The predicted molar refractivity (Wildman–Crippen MR) is 203 cm³/mol. The zero-order valence-corrected chi connectivity index (χ0v) is 32.5. The third-order valence-electron chi connectivity index (χ3n) is 9.02. The second-order valence-electron chi connectivity index (χ2n) is 14.0. The summed E-state index contributed by atoms with van der Waals surface area (Å²) < 4.78 is 0. The molecule has 1 heterocycles. The van der Waals surface area contributed by atoms with Crippen LogP contribution in [0.1, 0.15) is 57.4 Å². The first-order chi connectivity index (χ1) is 28.0. The van der Waals surface area contributed by atoms with E-state index in [2.05, 4.69) is 21.3 Å². The second kappa shape index (κ2) is 22.9. The van der Waals surface area contributed by atoms with Gasteiger partial charge in [0.25, 0.3) is 0 Å². The lowest BCUT2D eigenvalue weighted by Crippen LogP contribution is -2.60. The van der Waals surface area contributed by atoms with E-state index in [9.17, 15) is 68.1 Å². The van der Waals surface area contributed by atoms with E-state index in [0.717, 1.165) is 11.8 Å². The summed E-state index contributed by atoms with van der Waals surface area (Å²) in [5.41, 5.74) is 27.2. The van der Waals surface area contributed by atoms with Crippen molar-refractivity contribution in [2.75, 3.05) is 6.54 Å². The zero-order chi connectivity index (χ0) is 45.4. The first-order valence-electron chi connectivity index (χ1n) is 18.4. The minimum absolute atomic E-state index is 0.0119. The smallest absolute Gasteiger partial charge is 0.328 e. The number of benzene rings is 1. The van der Waals surface area contributed by atoms with Gasteiger partial charge in [-0.1, -0.05) is 12.1 Å². The highest BCUT2D eigenvalue weighted by molar-refractivity contribution is 5.99. The average molecular weight is 850 g/mol. The maximum Gasteiger partial charge on any atom is 0.328 e. The number of aliphatic carboxylic acids is 1. The molecule has 1 aromatic carbocycles. The molecular formula is C35H51N11O14. The molecule has 25 heteroatoms. The number of phenolic OH excluding ortho intramolecular Hbond substituents is 1. The predicted octanol–water partition coefficient (Wildman–Crippen LogP) is -6.97. The van der Waals surface area contributed by atoms with Crippen LogP contribution in [0.3, 0.4) is 0 Å². The Morgan fingerprint density at radius 3 is 1.72 bits per heavy atom. The van der Waals surface area contributed by atoms with Crippen LogP contribution in [0.2, 0.25) is 0 Å². The molecule has 18 N–H and O–H groups in total. The number of aliphatic hydroxyl groups is 1. The molecule has 25 nitrogen and oxygen atoms in total. The molecule has 1 aliphatic rings. The summed E-state index contributed by atoms with van der Waals surface area (Å²) in [5.74, 6) is -12.1. The molecule has 0 bridgehead atoms. The van der Waals surface area contributed by atoms with Crippen molar-refractivity contribution >= 4 is 65.0 Å². The lowest BCUT2D eigenvalue weighted by Gasteiger charge is -2.31. The SMILES string of the molecule is C[C@@H](O)[C@H](NC(=O)[C@@H](CC(N)=O)NC(=O)[C@@H]1CCCN1C(=O)[C@H](CCC(N)=O)NC(=O)[C@@H](CC(N)=O)NC(=O)[C@@H](Cc1ccc(O)cc1)NC(=O)[C@@H](N)CC(N)=O)C(=O)O. The van der Waals surface area contributed by atoms with Gasteiger partial charge in [-0.15, -0.1) is 0 Å². The molecule has 10 amide bonds. The van der Waals surface area contributed by atoms with Crippen LogP contribution in [-0.4, -0.2) is 140 Å². The topological polar surface area (TPSA) is 442 Å². The Balaban J connectivity index is 2.38. The van der Waals surface area contributed by atoms with Gasteiger partial charge >= 0.3 is 5.97 Å². The van der Waals surface area contributed by atoms with Gasteiger partial charge < -0.3 is 75.5 Å². The fourth-order valence-electron chi connectivity index (χ4n) is 5.99. The van der Waals surface area contributed by atoms with Crippen molar-refractivity contribution in [3.63, 3.8) is 0 Å². The van der Waals surface area contributed by atoms with Gasteiger partial charge in [0, 0.05) is 19.4 Å². The molecule has 0 radical (unpaired) electrons. The van der Waals surface area contributed by atoms with Crippen LogP contribution in [0.25, 0.3) is 0 Å². The van der Waals surface area contributed by atoms with Gasteiger partial charge in [0.15, 0.2) is 6.04 Å². The third kappa shape index (κ3) is 15.8. The lowest BCUT2D eigenvalue weighted by molar-refractivity contribution is -0.146. The summed E-state index contributed by atoms with van der Waals surface area (Å²) in [5, 5.41) is 40.0.